The Balaban J connectivity index is 1.40. The second kappa shape index (κ2) is 8.57. The number of carbonyl (C=O) groups excluding carboxylic acids is 1. The summed E-state index contributed by atoms with van der Waals surface area (Å²) in [5, 5.41) is 2.50. The first kappa shape index (κ1) is 21.7. The van der Waals surface area contributed by atoms with Gasteiger partial charge in [-0.25, -0.2) is 0 Å². The molecule has 164 valence electrons. The first-order chi connectivity index (χ1) is 15.3. The van der Waals surface area contributed by atoms with Gasteiger partial charge in [0.1, 0.15) is 12.4 Å². The van der Waals surface area contributed by atoms with E-state index in [-0.39, 0.29) is 11.8 Å². The molecule has 4 rings (SSSR count). The number of benzene rings is 3. The van der Waals surface area contributed by atoms with Crippen LogP contribution >= 0.6 is 0 Å². The molecular weight excluding hydrogens is 419 g/mol. The smallest absolute Gasteiger partial charge is 0.416 e. The largest absolute Gasteiger partial charge is 0.489 e. The molecule has 0 radical (unpaired) electrons. The van der Waals surface area contributed by atoms with Gasteiger partial charge in [0, 0.05) is 17.0 Å². The number of hydrogen-bond donors (Lipinski definition) is 0. The third-order valence-corrected chi connectivity index (χ3v) is 5.79. The van der Waals surface area contributed by atoms with Crippen molar-refractivity contribution in [2.45, 2.75) is 37.5 Å². The van der Waals surface area contributed by atoms with Crippen molar-refractivity contribution in [3.8, 4) is 16.9 Å². The zero-order valence-corrected chi connectivity index (χ0v) is 17.1. The first-order valence-corrected chi connectivity index (χ1v) is 10.2. The van der Waals surface area contributed by atoms with Gasteiger partial charge in [-0.1, -0.05) is 42.5 Å². The van der Waals surface area contributed by atoms with Crippen LogP contribution in [0.15, 0.2) is 78.0 Å². The zero-order valence-electron chi connectivity index (χ0n) is 17.1. The summed E-state index contributed by atoms with van der Waals surface area (Å²) in [5.74, 6) is 0.0278. The number of rotatable bonds is 7. The average Bonchev–Trinajstić information content (AvgIpc) is 3.58. The van der Waals surface area contributed by atoms with Crippen LogP contribution in [0.1, 0.15) is 36.0 Å². The van der Waals surface area contributed by atoms with E-state index < -0.39 is 17.6 Å². The summed E-state index contributed by atoms with van der Waals surface area (Å²) >= 11 is 0. The van der Waals surface area contributed by atoms with E-state index in [0.29, 0.717) is 17.9 Å². The number of halogens is 3. The molecule has 0 unspecified atom stereocenters. The van der Waals surface area contributed by atoms with Crippen molar-refractivity contribution in [1.82, 2.24) is 0 Å². The Kier molecular flexibility index (Phi) is 5.82. The molecular formula is C25H20F3NO3. The molecule has 0 atom stereocenters. The van der Waals surface area contributed by atoms with E-state index >= 15 is 0 Å². The molecule has 0 aliphatic heterocycles. The maximum absolute atomic E-state index is 12.8. The highest BCUT2D eigenvalue weighted by Gasteiger charge is 2.46. The maximum atomic E-state index is 12.8. The quantitative estimate of drug-likeness (QED) is 0.387. The Hall–Kier alpha value is -3.48. The minimum Gasteiger partial charge on any atom is -0.489 e. The SMILES string of the molecule is O=NC(=O)CC1(c2ccc(OCc3cccc(-c4ccc(C(F)(F)F)cc4)c3)cc2)CC1. The lowest BCUT2D eigenvalue weighted by molar-refractivity contribution is -0.137. The summed E-state index contributed by atoms with van der Waals surface area (Å²) in [6.07, 6.45) is -2.52. The van der Waals surface area contributed by atoms with Crippen molar-refractivity contribution in [3.05, 3.63) is 94.4 Å². The molecule has 0 bridgehead atoms. The van der Waals surface area contributed by atoms with Crippen LogP contribution in [0.25, 0.3) is 11.1 Å². The number of ether oxygens (including phenoxy) is 1. The second-order valence-corrected chi connectivity index (χ2v) is 8.03. The summed E-state index contributed by atoms with van der Waals surface area (Å²) in [6, 6.07) is 20.0. The van der Waals surface area contributed by atoms with Crippen molar-refractivity contribution in [3.63, 3.8) is 0 Å². The van der Waals surface area contributed by atoms with Gasteiger partial charge in [0.25, 0.3) is 5.91 Å². The number of carbonyl (C=O) groups is 1. The molecule has 1 amide bonds. The van der Waals surface area contributed by atoms with Gasteiger partial charge in [-0.05, 0) is 65.4 Å². The van der Waals surface area contributed by atoms with E-state index in [4.69, 9.17) is 4.74 Å². The van der Waals surface area contributed by atoms with Crippen molar-refractivity contribution in [2.75, 3.05) is 0 Å². The number of nitroso groups, excluding NO2 is 1. The maximum Gasteiger partial charge on any atom is 0.416 e. The molecule has 1 saturated carbocycles. The zero-order chi connectivity index (χ0) is 22.8. The second-order valence-electron chi connectivity index (χ2n) is 8.03. The summed E-state index contributed by atoms with van der Waals surface area (Å²) in [7, 11) is 0. The van der Waals surface area contributed by atoms with Gasteiger partial charge in [-0.3, -0.25) is 4.79 Å². The van der Waals surface area contributed by atoms with Crippen LogP contribution in [0.5, 0.6) is 5.75 Å². The first-order valence-electron chi connectivity index (χ1n) is 10.2. The van der Waals surface area contributed by atoms with E-state index in [1.807, 2.05) is 48.5 Å². The molecule has 1 aliphatic rings. The highest BCUT2D eigenvalue weighted by atomic mass is 19.4. The molecule has 0 saturated heterocycles. The van der Waals surface area contributed by atoms with Crippen molar-refractivity contribution < 1.29 is 22.7 Å². The predicted octanol–water partition coefficient (Wildman–Crippen LogP) is 6.67. The number of alkyl halides is 3. The van der Waals surface area contributed by atoms with Crippen LogP contribution in [-0.4, -0.2) is 5.91 Å². The predicted molar refractivity (Wildman–Crippen MR) is 114 cm³/mol. The Labute approximate surface area is 183 Å². The third-order valence-electron chi connectivity index (χ3n) is 5.79. The summed E-state index contributed by atoms with van der Waals surface area (Å²) in [4.78, 5) is 21.8. The summed E-state index contributed by atoms with van der Waals surface area (Å²) < 4.78 is 44.1. The lowest BCUT2D eigenvalue weighted by atomic mass is 9.92. The van der Waals surface area contributed by atoms with Crippen molar-refractivity contribution >= 4 is 5.91 Å². The van der Waals surface area contributed by atoms with Crippen molar-refractivity contribution in [1.29, 1.82) is 0 Å². The summed E-state index contributed by atoms with van der Waals surface area (Å²) in [5.41, 5.74) is 2.42. The molecule has 0 spiro atoms. The Morgan fingerprint density at radius 1 is 0.938 bits per heavy atom. The number of nitrogens with zero attached hydrogens (tertiary/aromatic N) is 1. The minimum atomic E-state index is -4.36. The topological polar surface area (TPSA) is 55.7 Å². The van der Waals surface area contributed by atoms with Gasteiger partial charge in [0.05, 0.1) is 5.56 Å². The normalized spacial score (nSPS) is 14.6. The third kappa shape index (κ3) is 4.88. The fourth-order valence-corrected chi connectivity index (χ4v) is 3.80. The lowest BCUT2D eigenvalue weighted by Gasteiger charge is -2.14. The Bertz CT molecular complexity index is 1120. The molecule has 3 aromatic rings. The van der Waals surface area contributed by atoms with E-state index in [2.05, 4.69) is 5.18 Å². The molecule has 0 N–H and O–H groups in total. The fourth-order valence-electron chi connectivity index (χ4n) is 3.80. The summed E-state index contributed by atoms with van der Waals surface area (Å²) in [6.45, 7) is 0.298. The molecule has 1 fully saturated rings. The fraction of sp³-hybridized carbons (Fsp3) is 0.240. The van der Waals surface area contributed by atoms with Crippen LogP contribution in [0.4, 0.5) is 13.2 Å². The van der Waals surface area contributed by atoms with Crippen LogP contribution in [0.2, 0.25) is 0 Å². The Morgan fingerprint density at radius 3 is 2.22 bits per heavy atom. The van der Waals surface area contributed by atoms with Crippen LogP contribution in [0, 0.1) is 4.91 Å². The highest BCUT2D eigenvalue weighted by Crippen LogP contribution is 2.51. The van der Waals surface area contributed by atoms with E-state index in [1.165, 1.54) is 12.1 Å². The number of amides is 1. The number of hydrogen-bond acceptors (Lipinski definition) is 3. The molecule has 3 aromatic carbocycles. The van der Waals surface area contributed by atoms with Gasteiger partial charge in [0.2, 0.25) is 0 Å². The van der Waals surface area contributed by atoms with E-state index in [1.54, 1.807) is 0 Å². The average molecular weight is 439 g/mol. The lowest BCUT2D eigenvalue weighted by Crippen LogP contribution is -2.11. The molecule has 1 aliphatic carbocycles. The van der Waals surface area contributed by atoms with E-state index in [0.717, 1.165) is 41.7 Å². The van der Waals surface area contributed by atoms with Gasteiger partial charge >= 0.3 is 6.18 Å². The van der Waals surface area contributed by atoms with Crippen LogP contribution in [0.3, 0.4) is 0 Å². The molecule has 32 heavy (non-hydrogen) atoms. The molecule has 7 heteroatoms. The highest BCUT2D eigenvalue weighted by molar-refractivity contribution is 5.79. The molecule has 4 nitrogen and oxygen atoms in total. The monoisotopic (exact) mass is 439 g/mol. The standard InChI is InChI=1S/C25H20F3NO3/c26-25(27,28)21-6-4-18(5-7-21)19-3-1-2-17(14-19)16-32-22-10-8-20(9-11-22)24(12-13-24)15-23(30)29-31/h1-11,14H,12-13,15-16H2. The van der Waals surface area contributed by atoms with Crippen LogP contribution < -0.4 is 4.74 Å². The van der Waals surface area contributed by atoms with Gasteiger partial charge in [0.15, 0.2) is 0 Å². The minimum absolute atomic E-state index is 0.132. The van der Waals surface area contributed by atoms with Crippen molar-refractivity contribution in [2.24, 2.45) is 5.18 Å². The molecule has 0 heterocycles. The van der Waals surface area contributed by atoms with Gasteiger partial charge < -0.3 is 4.74 Å². The van der Waals surface area contributed by atoms with Gasteiger partial charge in [-0.15, -0.1) is 4.91 Å². The van der Waals surface area contributed by atoms with E-state index in [9.17, 15) is 22.9 Å². The Morgan fingerprint density at radius 2 is 1.62 bits per heavy atom. The van der Waals surface area contributed by atoms with Gasteiger partial charge in [-0.2, -0.15) is 13.2 Å². The molecule has 0 aromatic heterocycles. The van der Waals surface area contributed by atoms with Crippen LogP contribution in [-0.2, 0) is 23.0 Å².